The van der Waals surface area contributed by atoms with Gasteiger partial charge in [-0.2, -0.15) is 0 Å². The van der Waals surface area contributed by atoms with E-state index in [1.165, 1.54) is 6.42 Å². The van der Waals surface area contributed by atoms with Crippen LogP contribution in [-0.2, 0) is 0 Å². The van der Waals surface area contributed by atoms with E-state index in [0.29, 0.717) is 12.0 Å². The van der Waals surface area contributed by atoms with Crippen molar-refractivity contribution in [1.82, 2.24) is 0 Å². The fraction of sp³-hybridized carbons (Fsp3) is 0.417. The van der Waals surface area contributed by atoms with Gasteiger partial charge in [-0.25, -0.2) is 4.99 Å². The number of nitrogens with two attached hydrogens (primary N) is 1. The summed E-state index contributed by atoms with van der Waals surface area (Å²) in [4.78, 5) is 4.38. The minimum absolute atomic E-state index is 0.415. The van der Waals surface area contributed by atoms with E-state index in [0.717, 1.165) is 24.3 Å². The highest BCUT2D eigenvalue weighted by atomic mass is 16.5. The third-order valence-corrected chi connectivity index (χ3v) is 2.74. The van der Waals surface area contributed by atoms with Crippen LogP contribution in [0.25, 0.3) is 0 Å². The van der Waals surface area contributed by atoms with Crippen LogP contribution in [-0.4, -0.2) is 19.1 Å². The highest BCUT2D eigenvalue weighted by Crippen LogP contribution is 2.22. The van der Waals surface area contributed by atoms with E-state index in [9.17, 15) is 0 Å². The highest BCUT2D eigenvalue weighted by molar-refractivity contribution is 5.92. The fourth-order valence-electron chi connectivity index (χ4n) is 1.59. The van der Waals surface area contributed by atoms with Gasteiger partial charge in [0.05, 0.1) is 13.2 Å². The molecule has 0 atom stereocenters. The average Bonchev–Trinajstić information content (AvgIpc) is 2.24. The second-order valence-electron chi connectivity index (χ2n) is 3.96. The molecule has 3 N–H and O–H groups in total. The number of hydrogen-bond donors (Lipinski definition) is 2. The van der Waals surface area contributed by atoms with Crippen LogP contribution in [0.2, 0.25) is 0 Å². The summed E-state index contributed by atoms with van der Waals surface area (Å²) >= 11 is 0. The number of rotatable bonds is 3. The highest BCUT2D eigenvalue weighted by Gasteiger charge is 2.16. The first-order valence-corrected chi connectivity index (χ1v) is 5.52. The van der Waals surface area contributed by atoms with E-state index < -0.39 is 0 Å². The Morgan fingerprint density at radius 2 is 2.31 bits per heavy atom. The molecule has 1 fully saturated rings. The van der Waals surface area contributed by atoms with Crippen molar-refractivity contribution in [3.8, 4) is 5.75 Å². The molecular weight excluding hydrogens is 202 g/mol. The van der Waals surface area contributed by atoms with Gasteiger partial charge in [0, 0.05) is 11.8 Å². The molecule has 0 aromatic heterocycles. The van der Waals surface area contributed by atoms with Gasteiger partial charge in [-0.3, -0.25) is 0 Å². The molecule has 0 bridgehead atoms. The first-order valence-electron chi connectivity index (χ1n) is 5.52. The van der Waals surface area contributed by atoms with Crippen LogP contribution in [0.3, 0.4) is 0 Å². The van der Waals surface area contributed by atoms with Crippen LogP contribution in [0.15, 0.2) is 29.3 Å². The lowest BCUT2D eigenvalue weighted by atomic mass is 9.94. The van der Waals surface area contributed by atoms with Crippen molar-refractivity contribution in [2.24, 2.45) is 10.7 Å². The monoisotopic (exact) mass is 219 g/mol. The minimum atomic E-state index is 0.415. The van der Waals surface area contributed by atoms with Crippen molar-refractivity contribution in [3.63, 3.8) is 0 Å². The Morgan fingerprint density at radius 1 is 1.50 bits per heavy atom. The zero-order valence-corrected chi connectivity index (χ0v) is 9.44. The summed E-state index contributed by atoms with van der Waals surface area (Å²) in [6, 6.07) is 8.05. The average molecular weight is 219 g/mol. The number of hydrogen-bond acceptors (Lipinski definition) is 2. The Kier molecular flexibility index (Phi) is 3.29. The van der Waals surface area contributed by atoms with E-state index in [1.54, 1.807) is 7.11 Å². The summed E-state index contributed by atoms with van der Waals surface area (Å²) in [6.07, 6.45) is 3.57. The van der Waals surface area contributed by atoms with Crippen molar-refractivity contribution in [2.75, 3.05) is 12.4 Å². The molecule has 1 aromatic rings. The quantitative estimate of drug-likeness (QED) is 0.603. The molecule has 4 heteroatoms. The van der Waals surface area contributed by atoms with Gasteiger partial charge in [-0.05, 0) is 31.4 Å². The number of ether oxygens (including phenoxy) is 1. The van der Waals surface area contributed by atoms with Crippen molar-refractivity contribution in [1.29, 1.82) is 0 Å². The van der Waals surface area contributed by atoms with Gasteiger partial charge in [-0.15, -0.1) is 0 Å². The van der Waals surface area contributed by atoms with Crippen LogP contribution < -0.4 is 15.8 Å². The maximum atomic E-state index is 5.81. The summed E-state index contributed by atoms with van der Waals surface area (Å²) < 4.78 is 5.13. The Labute approximate surface area is 95.5 Å². The molecule has 1 aliphatic rings. The van der Waals surface area contributed by atoms with Gasteiger partial charge < -0.3 is 15.8 Å². The molecule has 0 amide bonds. The number of nitrogens with zero attached hydrogens (tertiary/aromatic N) is 1. The lowest BCUT2D eigenvalue weighted by Crippen LogP contribution is -2.27. The van der Waals surface area contributed by atoms with Gasteiger partial charge in [0.15, 0.2) is 5.96 Å². The summed E-state index contributed by atoms with van der Waals surface area (Å²) in [5, 5.41) is 3.06. The molecule has 0 saturated heterocycles. The minimum Gasteiger partial charge on any atom is -0.497 e. The summed E-state index contributed by atoms with van der Waals surface area (Å²) in [6.45, 7) is 0. The molecule has 86 valence electrons. The third kappa shape index (κ3) is 2.66. The normalized spacial score (nSPS) is 16.7. The Balaban J connectivity index is 1.99. The Bertz CT molecular complexity index is 386. The standard InChI is InChI=1S/C12H17N3O/c1-16-11-7-3-6-10(8-11)15-12(13)14-9-4-2-5-9/h3,6-9H,2,4-5H2,1H3,(H3,13,14,15). The SMILES string of the molecule is COc1cccc(NC(N)=NC2CCC2)c1. The molecule has 16 heavy (non-hydrogen) atoms. The molecule has 1 aliphatic carbocycles. The molecule has 0 unspecified atom stereocenters. The van der Waals surface area contributed by atoms with E-state index in [4.69, 9.17) is 10.5 Å². The summed E-state index contributed by atoms with van der Waals surface area (Å²) in [7, 11) is 1.64. The number of nitrogens with one attached hydrogen (secondary N) is 1. The molecule has 0 heterocycles. The zero-order valence-electron chi connectivity index (χ0n) is 9.44. The van der Waals surface area contributed by atoms with E-state index in [-0.39, 0.29) is 0 Å². The number of benzene rings is 1. The summed E-state index contributed by atoms with van der Waals surface area (Å²) in [5.41, 5.74) is 6.71. The second kappa shape index (κ2) is 4.88. The van der Waals surface area contributed by atoms with Crippen LogP contribution in [0.5, 0.6) is 5.75 Å². The lowest BCUT2D eigenvalue weighted by molar-refractivity contribution is 0.415. The Morgan fingerprint density at radius 3 is 2.94 bits per heavy atom. The van der Waals surface area contributed by atoms with Crippen LogP contribution in [0.4, 0.5) is 5.69 Å². The molecular formula is C12H17N3O. The summed E-state index contributed by atoms with van der Waals surface area (Å²) in [5.74, 6) is 1.29. The molecule has 0 radical (unpaired) electrons. The van der Waals surface area contributed by atoms with Crippen molar-refractivity contribution in [3.05, 3.63) is 24.3 Å². The van der Waals surface area contributed by atoms with Gasteiger partial charge in [0.1, 0.15) is 5.75 Å². The zero-order chi connectivity index (χ0) is 11.4. The number of guanidine groups is 1. The van der Waals surface area contributed by atoms with Gasteiger partial charge in [-0.1, -0.05) is 6.07 Å². The van der Waals surface area contributed by atoms with Gasteiger partial charge in [0.2, 0.25) is 0 Å². The largest absolute Gasteiger partial charge is 0.497 e. The van der Waals surface area contributed by atoms with Crippen LogP contribution in [0.1, 0.15) is 19.3 Å². The van der Waals surface area contributed by atoms with Gasteiger partial charge >= 0.3 is 0 Å². The third-order valence-electron chi connectivity index (χ3n) is 2.74. The lowest BCUT2D eigenvalue weighted by Gasteiger charge is -2.21. The molecule has 0 aliphatic heterocycles. The molecule has 1 saturated carbocycles. The predicted molar refractivity (Wildman–Crippen MR) is 65.9 cm³/mol. The van der Waals surface area contributed by atoms with Crippen molar-refractivity contribution >= 4 is 11.6 Å². The van der Waals surface area contributed by atoms with Crippen LogP contribution in [0, 0.1) is 0 Å². The van der Waals surface area contributed by atoms with Crippen molar-refractivity contribution < 1.29 is 4.74 Å². The number of aliphatic imine (C=N–C) groups is 1. The topological polar surface area (TPSA) is 59.6 Å². The Hall–Kier alpha value is -1.71. The van der Waals surface area contributed by atoms with E-state index >= 15 is 0 Å². The second-order valence-corrected chi connectivity index (χ2v) is 3.96. The van der Waals surface area contributed by atoms with Crippen molar-refractivity contribution in [2.45, 2.75) is 25.3 Å². The number of anilines is 1. The number of methoxy groups -OCH3 is 1. The molecule has 1 aromatic carbocycles. The molecule has 4 nitrogen and oxygen atoms in total. The van der Waals surface area contributed by atoms with E-state index in [2.05, 4.69) is 10.3 Å². The first-order chi connectivity index (χ1) is 7.78. The maximum absolute atomic E-state index is 5.81. The first kappa shape index (κ1) is 10.8. The smallest absolute Gasteiger partial charge is 0.193 e. The predicted octanol–water partition coefficient (Wildman–Crippen LogP) is 1.97. The fourth-order valence-corrected chi connectivity index (χ4v) is 1.59. The van der Waals surface area contributed by atoms with E-state index in [1.807, 2.05) is 24.3 Å². The van der Waals surface area contributed by atoms with Crippen LogP contribution >= 0.6 is 0 Å². The molecule has 2 rings (SSSR count). The molecule has 0 spiro atoms. The maximum Gasteiger partial charge on any atom is 0.193 e. The van der Waals surface area contributed by atoms with Gasteiger partial charge in [0.25, 0.3) is 0 Å².